The summed E-state index contributed by atoms with van der Waals surface area (Å²) in [6, 6.07) is 20.3. The number of rotatable bonds is 6. The second-order valence-corrected chi connectivity index (χ2v) is 7.32. The van der Waals surface area contributed by atoms with Crippen LogP contribution in [0, 0.1) is 23.0 Å². The van der Waals surface area contributed by atoms with Gasteiger partial charge in [0.1, 0.15) is 11.4 Å². The van der Waals surface area contributed by atoms with Crippen LogP contribution < -0.4 is 10.5 Å². The number of nitrogens with zero attached hydrogens (tertiary/aromatic N) is 2. The Bertz CT molecular complexity index is 1450. The number of aromatic carboxylic acids is 1. The molecule has 0 radical (unpaired) electrons. The third kappa shape index (κ3) is 4.60. The summed E-state index contributed by atoms with van der Waals surface area (Å²) >= 11 is 0. The summed E-state index contributed by atoms with van der Waals surface area (Å²) in [6.07, 6.45) is 0. The van der Waals surface area contributed by atoms with Crippen molar-refractivity contribution in [2.24, 2.45) is 5.73 Å². The Hall–Kier alpha value is -4.61. The highest BCUT2D eigenvalue weighted by Gasteiger charge is 2.20. The molecule has 4 rings (SSSR count). The SMILES string of the molecule is N#Cc1cc(Oc2nc(-c3ccccc3C(=O)O)c(F)cc2F)cc(-c2cccc(CN)c2)c1. The number of nitrogens with two attached hydrogens (primary N) is 1. The molecule has 0 aliphatic heterocycles. The Morgan fingerprint density at radius 2 is 1.79 bits per heavy atom. The Balaban J connectivity index is 1.78. The van der Waals surface area contributed by atoms with Crippen LogP contribution in [0.2, 0.25) is 0 Å². The first-order chi connectivity index (χ1) is 16.4. The second kappa shape index (κ2) is 9.48. The molecule has 0 saturated carbocycles. The normalized spacial score (nSPS) is 10.5. The summed E-state index contributed by atoms with van der Waals surface area (Å²) in [7, 11) is 0. The highest BCUT2D eigenvalue weighted by atomic mass is 19.1. The predicted molar refractivity (Wildman–Crippen MR) is 121 cm³/mol. The van der Waals surface area contributed by atoms with E-state index in [1.807, 2.05) is 30.3 Å². The Kier molecular flexibility index (Phi) is 6.30. The van der Waals surface area contributed by atoms with E-state index in [-0.39, 0.29) is 28.1 Å². The largest absolute Gasteiger partial charge is 0.478 e. The molecule has 0 amide bonds. The standard InChI is InChI=1S/C26H17F2N3O3/c27-22-12-23(28)25(31-24(22)20-6-1-2-7-21(20)26(32)33)34-19-10-16(14-30)9-18(11-19)17-5-3-4-15(8-17)13-29/h1-12H,13,29H2,(H,32,33). The molecule has 0 saturated heterocycles. The first-order valence-corrected chi connectivity index (χ1v) is 10.1. The van der Waals surface area contributed by atoms with Crippen molar-refractivity contribution in [3.63, 3.8) is 0 Å². The number of aromatic nitrogens is 1. The third-order valence-electron chi connectivity index (χ3n) is 5.06. The van der Waals surface area contributed by atoms with Crippen LogP contribution in [0.25, 0.3) is 22.4 Å². The monoisotopic (exact) mass is 457 g/mol. The van der Waals surface area contributed by atoms with Crippen LogP contribution in [-0.4, -0.2) is 16.1 Å². The zero-order chi connectivity index (χ0) is 24.2. The minimum atomic E-state index is -1.28. The van der Waals surface area contributed by atoms with Gasteiger partial charge >= 0.3 is 5.97 Å². The summed E-state index contributed by atoms with van der Waals surface area (Å²) < 4.78 is 34.8. The minimum absolute atomic E-state index is 0.0255. The molecule has 3 aromatic carbocycles. The minimum Gasteiger partial charge on any atom is -0.478 e. The summed E-state index contributed by atoms with van der Waals surface area (Å²) in [6.45, 7) is 0.334. The number of ether oxygens (including phenoxy) is 1. The van der Waals surface area contributed by atoms with Crippen LogP contribution in [0.4, 0.5) is 8.78 Å². The van der Waals surface area contributed by atoms with E-state index in [2.05, 4.69) is 4.98 Å². The van der Waals surface area contributed by atoms with E-state index in [4.69, 9.17) is 10.5 Å². The lowest BCUT2D eigenvalue weighted by Crippen LogP contribution is -2.03. The van der Waals surface area contributed by atoms with Crippen molar-refractivity contribution in [2.75, 3.05) is 0 Å². The third-order valence-corrected chi connectivity index (χ3v) is 5.06. The van der Waals surface area contributed by atoms with E-state index in [1.165, 1.54) is 30.3 Å². The fourth-order valence-electron chi connectivity index (χ4n) is 3.46. The zero-order valence-electron chi connectivity index (χ0n) is 17.6. The molecular weight excluding hydrogens is 440 g/mol. The second-order valence-electron chi connectivity index (χ2n) is 7.32. The maximum absolute atomic E-state index is 14.6. The molecule has 0 unspecified atom stereocenters. The van der Waals surface area contributed by atoms with E-state index >= 15 is 0 Å². The van der Waals surface area contributed by atoms with Gasteiger partial charge in [-0.15, -0.1) is 0 Å². The lowest BCUT2D eigenvalue weighted by Gasteiger charge is -2.12. The summed E-state index contributed by atoms with van der Waals surface area (Å²) in [5, 5.41) is 18.9. The quantitative estimate of drug-likeness (QED) is 0.395. The smallest absolute Gasteiger partial charge is 0.336 e. The van der Waals surface area contributed by atoms with Gasteiger partial charge in [-0.05, 0) is 47.0 Å². The first-order valence-electron chi connectivity index (χ1n) is 10.1. The molecule has 0 aliphatic carbocycles. The van der Waals surface area contributed by atoms with Gasteiger partial charge in [0, 0.05) is 18.2 Å². The average Bonchev–Trinajstić information content (AvgIpc) is 2.85. The lowest BCUT2D eigenvalue weighted by molar-refractivity contribution is 0.0697. The molecule has 0 atom stereocenters. The number of benzene rings is 3. The number of halogens is 2. The molecule has 168 valence electrons. The van der Waals surface area contributed by atoms with Gasteiger partial charge in [-0.25, -0.2) is 18.6 Å². The molecule has 6 nitrogen and oxygen atoms in total. The average molecular weight is 457 g/mol. The van der Waals surface area contributed by atoms with E-state index in [1.54, 1.807) is 12.1 Å². The molecule has 1 aromatic heterocycles. The maximum atomic E-state index is 14.6. The molecule has 0 bridgehead atoms. The number of nitriles is 1. The summed E-state index contributed by atoms with van der Waals surface area (Å²) in [5.74, 6) is -3.86. The molecule has 0 fully saturated rings. The van der Waals surface area contributed by atoms with Gasteiger partial charge in [-0.1, -0.05) is 36.4 Å². The lowest BCUT2D eigenvalue weighted by atomic mass is 10.0. The topological polar surface area (TPSA) is 109 Å². The van der Waals surface area contributed by atoms with E-state index in [0.29, 0.717) is 18.2 Å². The number of hydrogen-bond acceptors (Lipinski definition) is 5. The van der Waals surface area contributed by atoms with Crippen LogP contribution in [-0.2, 0) is 6.54 Å². The van der Waals surface area contributed by atoms with Crippen molar-refractivity contribution < 1.29 is 23.4 Å². The van der Waals surface area contributed by atoms with Gasteiger partial charge in [0.25, 0.3) is 5.88 Å². The van der Waals surface area contributed by atoms with Crippen molar-refractivity contribution in [3.05, 3.63) is 101 Å². The molecule has 0 aliphatic rings. The fraction of sp³-hybridized carbons (Fsp3) is 0.0385. The first kappa shape index (κ1) is 22.6. The molecule has 4 aromatic rings. The predicted octanol–water partition coefficient (Wildman–Crippen LogP) is 5.51. The molecule has 34 heavy (non-hydrogen) atoms. The fourth-order valence-corrected chi connectivity index (χ4v) is 3.46. The number of carboxylic acids is 1. The highest BCUT2D eigenvalue weighted by Crippen LogP contribution is 2.33. The van der Waals surface area contributed by atoms with Gasteiger partial charge in [-0.3, -0.25) is 0 Å². The summed E-state index contributed by atoms with van der Waals surface area (Å²) in [5.41, 5.74) is 7.66. The Morgan fingerprint density at radius 1 is 1.00 bits per heavy atom. The van der Waals surface area contributed by atoms with E-state index < -0.39 is 23.5 Å². The summed E-state index contributed by atoms with van der Waals surface area (Å²) in [4.78, 5) is 15.5. The molecule has 1 heterocycles. The van der Waals surface area contributed by atoms with Gasteiger partial charge in [0.2, 0.25) is 0 Å². The number of carbonyl (C=O) groups is 1. The van der Waals surface area contributed by atoms with Crippen LogP contribution in [0.15, 0.2) is 72.8 Å². The van der Waals surface area contributed by atoms with E-state index in [0.717, 1.165) is 11.1 Å². The van der Waals surface area contributed by atoms with E-state index in [9.17, 15) is 23.9 Å². The highest BCUT2D eigenvalue weighted by molar-refractivity contribution is 5.95. The van der Waals surface area contributed by atoms with Crippen LogP contribution >= 0.6 is 0 Å². The number of hydrogen-bond donors (Lipinski definition) is 2. The van der Waals surface area contributed by atoms with Gasteiger partial charge in [-0.2, -0.15) is 5.26 Å². The molecular formula is C26H17F2N3O3. The number of carboxylic acid groups (broad SMARTS) is 1. The van der Waals surface area contributed by atoms with Gasteiger partial charge in [0.15, 0.2) is 11.6 Å². The van der Waals surface area contributed by atoms with Crippen LogP contribution in [0.1, 0.15) is 21.5 Å². The van der Waals surface area contributed by atoms with Crippen molar-refractivity contribution in [3.8, 4) is 40.1 Å². The maximum Gasteiger partial charge on any atom is 0.336 e. The molecule has 8 heteroatoms. The Labute approximate surface area is 193 Å². The van der Waals surface area contributed by atoms with Crippen LogP contribution in [0.3, 0.4) is 0 Å². The Morgan fingerprint density at radius 3 is 2.53 bits per heavy atom. The van der Waals surface area contributed by atoms with Crippen molar-refractivity contribution in [1.82, 2.24) is 4.98 Å². The van der Waals surface area contributed by atoms with Crippen molar-refractivity contribution in [2.45, 2.75) is 6.54 Å². The van der Waals surface area contributed by atoms with Crippen molar-refractivity contribution in [1.29, 1.82) is 5.26 Å². The van der Waals surface area contributed by atoms with Gasteiger partial charge in [0.05, 0.1) is 17.2 Å². The molecule has 3 N–H and O–H groups in total. The van der Waals surface area contributed by atoms with Crippen LogP contribution in [0.5, 0.6) is 11.6 Å². The van der Waals surface area contributed by atoms with Gasteiger partial charge < -0.3 is 15.6 Å². The zero-order valence-corrected chi connectivity index (χ0v) is 17.6. The number of pyridine rings is 1. The molecule has 0 spiro atoms. The van der Waals surface area contributed by atoms with Crippen molar-refractivity contribution >= 4 is 5.97 Å².